The molecule has 0 radical (unpaired) electrons. The normalized spacial score (nSPS) is 15.5. The van der Waals surface area contributed by atoms with Gasteiger partial charge in [-0.2, -0.15) is 5.26 Å². The molecule has 0 aromatic heterocycles. The fourth-order valence-corrected chi connectivity index (χ4v) is 2.45. The molecule has 0 aliphatic carbocycles. The van der Waals surface area contributed by atoms with Crippen LogP contribution >= 0.6 is 0 Å². The van der Waals surface area contributed by atoms with Crippen molar-refractivity contribution in [2.24, 2.45) is 0 Å². The maximum atomic E-state index is 11.3. The monoisotopic (exact) mass is 231 g/mol. The fourth-order valence-electron chi connectivity index (χ4n) is 2.45. The van der Waals surface area contributed by atoms with E-state index in [9.17, 15) is 9.90 Å². The van der Waals surface area contributed by atoms with Gasteiger partial charge in [0.25, 0.3) is 0 Å². The van der Waals surface area contributed by atoms with Crippen molar-refractivity contribution in [3.63, 3.8) is 0 Å². The molecule has 0 bridgehead atoms. The summed E-state index contributed by atoms with van der Waals surface area (Å²) in [4.78, 5) is 11.3. The van der Waals surface area contributed by atoms with Crippen LogP contribution in [0.15, 0.2) is 0 Å². The van der Waals surface area contributed by atoms with Crippen LogP contribution in [0.2, 0.25) is 0 Å². The highest BCUT2D eigenvalue weighted by atomic mass is 16.5. The van der Waals surface area contributed by atoms with Crippen LogP contribution in [0.3, 0.4) is 0 Å². The van der Waals surface area contributed by atoms with Gasteiger partial charge in [-0.1, -0.05) is 0 Å². The van der Waals surface area contributed by atoms with Gasteiger partial charge < -0.3 is 14.6 Å². The van der Waals surface area contributed by atoms with Crippen molar-refractivity contribution in [1.82, 2.24) is 0 Å². The maximum Gasteiger partial charge on any atom is 0.339 e. The molecule has 2 aliphatic heterocycles. The largest absolute Gasteiger partial charge is 0.492 e. The Bertz CT molecular complexity index is 536. The third-order valence-corrected chi connectivity index (χ3v) is 3.13. The molecule has 0 fully saturated rings. The number of rotatable bonds is 1. The number of ether oxygens (including phenoxy) is 2. The Labute approximate surface area is 97.2 Å². The Morgan fingerprint density at radius 1 is 1.18 bits per heavy atom. The standard InChI is InChI=1S/C12H9NO4/c13-5-8-6-1-3-17-11(6)9(12(14)15)7-2-4-16-10(7)8/h1-4H2,(H,14,15). The molecule has 1 aromatic carbocycles. The summed E-state index contributed by atoms with van der Waals surface area (Å²) in [7, 11) is 0. The Morgan fingerprint density at radius 2 is 1.82 bits per heavy atom. The van der Waals surface area contributed by atoms with Crippen LogP contribution in [-0.4, -0.2) is 24.3 Å². The van der Waals surface area contributed by atoms with Gasteiger partial charge in [-0.3, -0.25) is 0 Å². The Hall–Kier alpha value is -2.22. The molecule has 5 nitrogen and oxygen atoms in total. The van der Waals surface area contributed by atoms with E-state index in [1.807, 2.05) is 0 Å². The summed E-state index contributed by atoms with van der Waals surface area (Å²) in [6.07, 6.45) is 1.08. The number of aromatic carboxylic acids is 1. The summed E-state index contributed by atoms with van der Waals surface area (Å²) in [6, 6.07) is 2.10. The first-order valence-corrected chi connectivity index (χ1v) is 5.34. The summed E-state index contributed by atoms with van der Waals surface area (Å²) < 4.78 is 10.8. The van der Waals surface area contributed by atoms with Crippen LogP contribution in [0, 0.1) is 11.3 Å². The maximum absolute atomic E-state index is 11.3. The highest BCUT2D eigenvalue weighted by Crippen LogP contribution is 2.43. The summed E-state index contributed by atoms with van der Waals surface area (Å²) in [5.41, 5.74) is 1.87. The second-order valence-electron chi connectivity index (χ2n) is 3.98. The Balaban J connectivity index is 2.39. The molecule has 86 valence electrons. The van der Waals surface area contributed by atoms with E-state index < -0.39 is 5.97 Å². The van der Waals surface area contributed by atoms with Gasteiger partial charge in [0.1, 0.15) is 28.7 Å². The number of fused-ring (bicyclic) bond motifs is 2. The van der Waals surface area contributed by atoms with Gasteiger partial charge in [-0.25, -0.2) is 4.79 Å². The van der Waals surface area contributed by atoms with Crippen LogP contribution < -0.4 is 9.47 Å². The number of benzene rings is 1. The molecule has 17 heavy (non-hydrogen) atoms. The van der Waals surface area contributed by atoms with Crippen molar-refractivity contribution in [3.05, 3.63) is 22.3 Å². The van der Waals surface area contributed by atoms with Crippen molar-refractivity contribution < 1.29 is 19.4 Å². The van der Waals surface area contributed by atoms with Crippen molar-refractivity contribution in [2.45, 2.75) is 12.8 Å². The molecule has 0 saturated carbocycles. The van der Waals surface area contributed by atoms with E-state index in [1.54, 1.807) is 0 Å². The van der Waals surface area contributed by atoms with Gasteiger partial charge in [0.15, 0.2) is 0 Å². The fraction of sp³-hybridized carbons (Fsp3) is 0.333. The molecular weight excluding hydrogens is 222 g/mol. The molecule has 3 rings (SSSR count). The molecule has 1 N–H and O–H groups in total. The molecule has 0 saturated heterocycles. The van der Waals surface area contributed by atoms with E-state index in [1.165, 1.54) is 0 Å². The van der Waals surface area contributed by atoms with E-state index in [-0.39, 0.29) is 5.56 Å². The van der Waals surface area contributed by atoms with E-state index in [4.69, 9.17) is 14.7 Å². The third kappa shape index (κ3) is 1.21. The number of carboxylic acids is 1. The van der Waals surface area contributed by atoms with E-state index in [2.05, 4.69) is 6.07 Å². The number of hydrogen-bond acceptors (Lipinski definition) is 4. The first kappa shape index (κ1) is 9.97. The minimum atomic E-state index is -1.02. The van der Waals surface area contributed by atoms with Gasteiger partial charge in [0.05, 0.1) is 13.2 Å². The summed E-state index contributed by atoms with van der Waals surface area (Å²) in [5.74, 6) is -0.221. The molecule has 0 atom stereocenters. The van der Waals surface area contributed by atoms with Crippen molar-refractivity contribution in [1.29, 1.82) is 5.26 Å². The average Bonchev–Trinajstić information content (AvgIpc) is 2.92. The number of carbonyl (C=O) groups is 1. The van der Waals surface area contributed by atoms with E-state index in [0.29, 0.717) is 54.2 Å². The van der Waals surface area contributed by atoms with Gasteiger partial charge in [0, 0.05) is 24.0 Å². The third-order valence-electron chi connectivity index (χ3n) is 3.13. The summed E-state index contributed by atoms with van der Waals surface area (Å²) in [5, 5.41) is 18.4. The smallest absolute Gasteiger partial charge is 0.339 e. The minimum Gasteiger partial charge on any atom is -0.492 e. The second kappa shape index (κ2) is 3.39. The van der Waals surface area contributed by atoms with Gasteiger partial charge in [-0.05, 0) is 0 Å². The number of nitrogens with zero attached hydrogens (tertiary/aromatic N) is 1. The van der Waals surface area contributed by atoms with Crippen LogP contribution in [-0.2, 0) is 12.8 Å². The Morgan fingerprint density at radius 3 is 2.47 bits per heavy atom. The predicted octanol–water partition coefficient (Wildman–Crippen LogP) is 1.13. The molecule has 1 aromatic rings. The summed E-state index contributed by atoms with van der Waals surface area (Å²) >= 11 is 0. The van der Waals surface area contributed by atoms with Crippen molar-refractivity contribution >= 4 is 5.97 Å². The van der Waals surface area contributed by atoms with E-state index in [0.717, 1.165) is 0 Å². The first-order chi connectivity index (χ1) is 8.24. The van der Waals surface area contributed by atoms with Crippen molar-refractivity contribution in [2.75, 3.05) is 13.2 Å². The lowest BCUT2D eigenvalue weighted by Crippen LogP contribution is -2.05. The van der Waals surface area contributed by atoms with Crippen LogP contribution in [0.25, 0.3) is 0 Å². The SMILES string of the molecule is N#Cc1c2c(c(C(=O)O)c3c1OCC3)OCC2. The topological polar surface area (TPSA) is 79.6 Å². The Kier molecular flexibility index (Phi) is 1.99. The lowest BCUT2D eigenvalue weighted by molar-refractivity contribution is 0.0692. The molecule has 0 unspecified atom stereocenters. The van der Waals surface area contributed by atoms with Crippen LogP contribution in [0.4, 0.5) is 0 Å². The first-order valence-electron chi connectivity index (χ1n) is 5.34. The van der Waals surface area contributed by atoms with Crippen molar-refractivity contribution in [3.8, 4) is 17.6 Å². The minimum absolute atomic E-state index is 0.170. The average molecular weight is 231 g/mol. The zero-order valence-electron chi connectivity index (χ0n) is 8.95. The molecule has 0 amide bonds. The highest BCUT2D eigenvalue weighted by molar-refractivity contribution is 5.95. The molecule has 2 aliphatic rings. The zero-order valence-corrected chi connectivity index (χ0v) is 8.95. The summed E-state index contributed by atoms with van der Waals surface area (Å²) in [6.45, 7) is 0.848. The molecule has 2 heterocycles. The van der Waals surface area contributed by atoms with Crippen LogP contribution in [0.1, 0.15) is 27.0 Å². The van der Waals surface area contributed by atoms with Gasteiger partial charge in [-0.15, -0.1) is 0 Å². The van der Waals surface area contributed by atoms with Gasteiger partial charge >= 0.3 is 5.97 Å². The quantitative estimate of drug-likeness (QED) is 0.783. The number of nitriles is 1. The molecule has 0 spiro atoms. The predicted molar refractivity (Wildman–Crippen MR) is 56.5 cm³/mol. The second-order valence-corrected chi connectivity index (χ2v) is 3.98. The molecular formula is C12H9NO4. The highest BCUT2D eigenvalue weighted by Gasteiger charge is 2.34. The number of carboxylic acid groups (broad SMARTS) is 1. The lowest BCUT2D eigenvalue weighted by Gasteiger charge is -2.11. The number of hydrogen-bond donors (Lipinski definition) is 1. The lowest BCUT2D eigenvalue weighted by atomic mass is 9.95. The van der Waals surface area contributed by atoms with Gasteiger partial charge in [0.2, 0.25) is 0 Å². The van der Waals surface area contributed by atoms with E-state index >= 15 is 0 Å². The zero-order chi connectivity index (χ0) is 12.0. The molecule has 5 heteroatoms. The van der Waals surface area contributed by atoms with Crippen LogP contribution in [0.5, 0.6) is 11.5 Å².